The number of fused-ring (bicyclic) bond motifs is 1. The topological polar surface area (TPSA) is 60.8 Å². The van der Waals surface area contributed by atoms with E-state index >= 15 is 0 Å². The van der Waals surface area contributed by atoms with Gasteiger partial charge in [0.15, 0.2) is 0 Å². The Labute approximate surface area is 169 Å². The summed E-state index contributed by atoms with van der Waals surface area (Å²) in [5, 5.41) is 20.6. The molecule has 0 aliphatic heterocycles. The van der Waals surface area contributed by atoms with Crippen molar-refractivity contribution in [3.8, 4) is 0 Å². The number of unbranched alkanes of at least 4 members (excludes halogenated alkanes) is 2. The summed E-state index contributed by atoms with van der Waals surface area (Å²) in [6, 6.07) is 0. The Morgan fingerprint density at radius 3 is 2.89 bits per heavy atom. The molecule has 4 nitrogen and oxygen atoms in total. The lowest BCUT2D eigenvalue weighted by Crippen LogP contribution is -2.23. The van der Waals surface area contributed by atoms with Gasteiger partial charge in [-0.25, -0.2) is 0 Å². The molecule has 5 heteroatoms. The SMILES string of the molecule is CCCCC[C@H](O)/C=C/[C@@H]1[C@H]2CC(CCSCC(=O)N(C)C)=C[C@H]2C[C@H]1O. The van der Waals surface area contributed by atoms with Crippen LogP contribution in [-0.4, -0.2) is 58.8 Å². The standard InChI is InChI=1S/C22H37NO3S/c1-4-5-6-7-18(24)8-9-19-20-13-16(12-17(20)14-21(19)25)10-11-27-15-22(26)23(2)3/h8-9,12,17-21,24-25H,4-7,10-11,13-15H2,1-3H3/b9-8+/t17-,18-,19+,20-,21+/m0/s1. The van der Waals surface area contributed by atoms with E-state index in [1.165, 1.54) is 5.57 Å². The average molecular weight is 396 g/mol. The summed E-state index contributed by atoms with van der Waals surface area (Å²) in [7, 11) is 3.59. The summed E-state index contributed by atoms with van der Waals surface area (Å²) in [6.45, 7) is 2.17. The third kappa shape index (κ3) is 6.95. The molecule has 2 aliphatic carbocycles. The van der Waals surface area contributed by atoms with Crippen LogP contribution >= 0.6 is 11.8 Å². The minimum absolute atomic E-state index is 0.160. The highest BCUT2D eigenvalue weighted by atomic mass is 32.2. The number of carbonyl (C=O) groups excluding carboxylic acids is 1. The second kappa shape index (κ2) is 11.3. The molecule has 2 rings (SSSR count). The van der Waals surface area contributed by atoms with E-state index < -0.39 is 0 Å². The number of hydrogen-bond donors (Lipinski definition) is 2. The van der Waals surface area contributed by atoms with Crippen LogP contribution in [0.2, 0.25) is 0 Å². The smallest absolute Gasteiger partial charge is 0.232 e. The Hall–Kier alpha value is -0.780. The molecule has 0 spiro atoms. The van der Waals surface area contributed by atoms with Crippen molar-refractivity contribution in [2.75, 3.05) is 25.6 Å². The van der Waals surface area contributed by atoms with E-state index in [1.807, 2.05) is 6.08 Å². The van der Waals surface area contributed by atoms with Gasteiger partial charge in [0.2, 0.25) is 5.91 Å². The van der Waals surface area contributed by atoms with Crippen molar-refractivity contribution in [3.63, 3.8) is 0 Å². The minimum Gasteiger partial charge on any atom is -0.392 e. The molecule has 154 valence electrons. The number of thioether (sulfide) groups is 1. The molecule has 5 atom stereocenters. The summed E-state index contributed by atoms with van der Waals surface area (Å²) in [5.41, 5.74) is 1.48. The molecule has 2 aliphatic rings. The Kier molecular flexibility index (Phi) is 9.40. The van der Waals surface area contributed by atoms with Crippen LogP contribution in [0.4, 0.5) is 0 Å². The van der Waals surface area contributed by atoms with E-state index in [0.29, 0.717) is 17.6 Å². The van der Waals surface area contributed by atoms with E-state index in [4.69, 9.17) is 0 Å². The Morgan fingerprint density at radius 2 is 2.19 bits per heavy atom. The molecule has 0 bridgehead atoms. The zero-order valence-corrected chi connectivity index (χ0v) is 18.0. The van der Waals surface area contributed by atoms with Gasteiger partial charge in [-0.15, -0.1) is 0 Å². The van der Waals surface area contributed by atoms with Crippen molar-refractivity contribution in [1.29, 1.82) is 0 Å². The van der Waals surface area contributed by atoms with Crippen molar-refractivity contribution in [3.05, 3.63) is 23.8 Å². The number of nitrogens with zero attached hydrogens (tertiary/aromatic N) is 1. The molecule has 2 N–H and O–H groups in total. The van der Waals surface area contributed by atoms with Gasteiger partial charge in [0.25, 0.3) is 0 Å². The highest BCUT2D eigenvalue weighted by molar-refractivity contribution is 7.99. The van der Waals surface area contributed by atoms with Crippen LogP contribution < -0.4 is 0 Å². The Morgan fingerprint density at radius 1 is 1.41 bits per heavy atom. The first-order valence-electron chi connectivity index (χ1n) is 10.4. The van der Waals surface area contributed by atoms with Crippen molar-refractivity contribution in [1.82, 2.24) is 4.90 Å². The van der Waals surface area contributed by atoms with Gasteiger partial charge >= 0.3 is 0 Å². The van der Waals surface area contributed by atoms with E-state index in [9.17, 15) is 15.0 Å². The molecule has 1 amide bonds. The van der Waals surface area contributed by atoms with Crippen LogP contribution in [-0.2, 0) is 4.79 Å². The third-order valence-corrected chi connectivity index (χ3v) is 6.84. The fourth-order valence-corrected chi connectivity index (χ4v) is 5.22. The normalized spacial score (nSPS) is 28.4. The fourth-order valence-electron chi connectivity index (χ4n) is 4.24. The van der Waals surface area contributed by atoms with Crippen LogP contribution in [0.5, 0.6) is 0 Å². The van der Waals surface area contributed by atoms with Crippen LogP contribution in [0.25, 0.3) is 0 Å². The van der Waals surface area contributed by atoms with Gasteiger partial charge < -0.3 is 15.1 Å². The molecule has 0 unspecified atom stereocenters. The molecule has 0 aromatic rings. The van der Waals surface area contributed by atoms with Crippen molar-refractivity contribution in [2.24, 2.45) is 17.8 Å². The molecular weight excluding hydrogens is 358 g/mol. The largest absolute Gasteiger partial charge is 0.392 e. The molecule has 0 heterocycles. The van der Waals surface area contributed by atoms with Crippen molar-refractivity contribution in [2.45, 2.75) is 64.1 Å². The second-order valence-electron chi connectivity index (χ2n) is 8.28. The molecular formula is C22H37NO3S. The predicted octanol–water partition coefficient (Wildman–Crippen LogP) is 3.64. The van der Waals surface area contributed by atoms with E-state index in [-0.39, 0.29) is 24.0 Å². The maximum absolute atomic E-state index is 11.6. The van der Waals surface area contributed by atoms with Crippen LogP contribution in [0.15, 0.2) is 23.8 Å². The van der Waals surface area contributed by atoms with Crippen molar-refractivity contribution >= 4 is 17.7 Å². The predicted molar refractivity (Wildman–Crippen MR) is 114 cm³/mol. The number of amides is 1. The summed E-state index contributed by atoms with van der Waals surface area (Å²) < 4.78 is 0. The van der Waals surface area contributed by atoms with Gasteiger partial charge in [-0.2, -0.15) is 11.8 Å². The zero-order valence-electron chi connectivity index (χ0n) is 17.1. The number of hydrogen-bond acceptors (Lipinski definition) is 4. The fraction of sp³-hybridized carbons (Fsp3) is 0.773. The summed E-state index contributed by atoms with van der Waals surface area (Å²) in [6.07, 6.45) is 12.8. The lowest BCUT2D eigenvalue weighted by atomic mass is 9.88. The van der Waals surface area contributed by atoms with Gasteiger partial charge in [-0.05, 0) is 43.3 Å². The van der Waals surface area contributed by atoms with E-state index in [0.717, 1.165) is 50.7 Å². The number of aliphatic hydroxyl groups excluding tert-OH is 2. The number of aliphatic hydroxyl groups is 2. The lowest BCUT2D eigenvalue weighted by Gasteiger charge is -2.19. The molecule has 27 heavy (non-hydrogen) atoms. The zero-order chi connectivity index (χ0) is 19.8. The van der Waals surface area contributed by atoms with Crippen LogP contribution in [0.3, 0.4) is 0 Å². The summed E-state index contributed by atoms with van der Waals surface area (Å²) in [4.78, 5) is 13.3. The van der Waals surface area contributed by atoms with Gasteiger partial charge in [-0.3, -0.25) is 4.79 Å². The molecule has 0 radical (unpaired) electrons. The van der Waals surface area contributed by atoms with E-state index in [2.05, 4.69) is 19.1 Å². The molecule has 1 saturated carbocycles. The molecule has 0 saturated heterocycles. The third-order valence-electron chi connectivity index (χ3n) is 5.90. The maximum atomic E-state index is 11.6. The highest BCUT2D eigenvalue weighted by Gasteiger charge is 2.43. The molecule has 1 fully saturated rings. The second-order valence-corrected chi connectivity index (χ2v) is 9.38. The quantitative estimate of drug-likeness (QED) is 0.414. The first-order chi connectivity index (χ1) is 12.9. The summed E-state index contributed by atoms with van der Waals surface area (Å²) in [5.74, 6) is 2.80. The Bertz CT molecular complexity index is 532. The molecule has 0 aromatic heterocycles. The van der Waals surface area contributed by atoms with Gasteiger partial charge in [0, 0.05) is 20.0 Å². The lowest BCUT2D eigenvalue weighted by molar-refractivity contribution is -0.125. The van der Waals surface area contributed by atoms with Gasteiger partial charge in [0.1, 0.15) is 0 Å². The minimum atomic E-state index is -0.387. The van der Waals surface area contributed by atoms with Crippen LogP contribution in [0.1, 0.15) is 51.9 Å². The van der Waals surface area contributed by atoms with Crippen molar-refractivity contribution < 1.29 is 15.0 Å². The van der Waals surface area contributed by atoms with Gasteiger partial charge in [0.05, 0.1) is 18.0 Å². The number of allylic oxidation sites excluding steroid dienone is 2. The monoisotopic (exact) mass is 395 g/mol. The first-order valence-corrected chi connectivity index (χ1v) is 11.6. The summed E-state index contributed by atoms with van der Waals surface area (Å²) >= 11 is 1.70. The van der Waals surface area contributed by atoms with Crippen LogP contribution in [0, 0.1) is 17.8 Å². The number of rotatable bonds is 11. The van der Waals surface area contributed by atoms with Gasteiger partial charge in [-0.1, -0.05) is 50.0 Å². The highest BCUT2D eigenvalue weighted by Crippen LogP contribution is 2.48. The Balaban J connectivity index is 1.76. The van der Waals surface area contributed by atoms with E-state index in [1.54, 1.807) is 30.8 Å². The number of carbonyl (C=O) groups is 1. The molecule has 0 aromatic carbocycles. The maximum Gasteiger partial charge on any atom is 0.232 e. The first kappa shape index (κ1) is 22.5. The average Bonchev–Trinajstić information content (AvgIpc) is 3.13.